The van der Waals surface area contributed by atoms with Crippen LogP contribution in [0.25, 0.3) is 11.4 Å². The van der Waals surface area contributed by atoms with E-state index in [-0.39, 0.29) is 17.8 Å². The first-order valence-corrected chi connectivity index (χ1v) is 8.68. The van der Waals surface area contributed by atoms with Crippen LogP contribution in [0.3, 0.4) is 0 Å². The average molecular weight is 364 g/mol. The molecule has 1 aromatic heterocycles. The molecule has 1 heterocycles. The van der Waals surface area contributed by atoms with E-state index in [9.17, 15) is 9.18 Å². The Hall–Kier alpha value is -3.28. The quantitative estimate of drug-likeness (QED) is 0.730. The first-order valence-electron chi connectivity index (χ1n) is 8.68. The minimum atomic E-state index is -0.358. The van der Waals surface area contributed by atoms with Crippen LogP contribution in [0.5, 0.6) is 0 Å². The highest BCUT2D eigenvalue weighted by Gasteiger charge is 2.20. The van der Waals surface area contributed by atoms with Crippen molar-refractivity contribution in [3.05, 3.63) is 72.2 Å². The predicted octanol–water partition coefficient (Wildman–Crippen LogP) is 4.38. The van der Waals surface area contributed by atoms with Gasteiger partial charge in [-0.3, -0.25) is 4.79 Å². The SMILES string of the molecule is CC(C)N(C)c1nc(-c2ccccc2)ncc1C(=O)Nc1ccc(F)cc1. The largest absolute Gasteiger partial charge is 0.356 e. The smallest absolute Gasteiger partial charge is 0.261 e. The molecular weight excluding hydrogens is 343 g/mol. The van der Waals surface area contributed by atoms with E-state index in [0.717, 1.165) is 5.56 Å². The van der Waals surface area contributed by atoms with Crippen molar-refractivity contribution >= 4 is 17.4 Å². The van der Waals surface area contributed by atoms with Crippen LogP contribution in [0.2, 0.25) is 0 Å². The monoisotopic (exact) mass is 364 g/mol. The summed E-state index contributed by atoms with van der Waals surface area (Å²) in [6.07, 6.45) is 1.53. The molecule has 6 heteroatoms. The van der Waals surface area contributed by atoms with Crippen LogP contribution < -0.4 is 10.2 Å². The maximum absolute atomic E-state index is 13.1. The van der Waals surface area contributed by atoms with E-state index in [0.29, 0.717) is 22.9 Å². The van der Waals surface area contributed by atoms with Crippen LogP contribution in [0.15, 0.2) is 60.8 Å². The molecular formula is C21H21FN4O. The van der Waals surface area contributed by atoms with E-state index in [1.165, 1.54) is 30.5 Å². The number of amides is 1. The van der Waals surface area contributed by atoms with Crippen LogP contribution in [0.4, 0.5) is 15.9 Å². The number of nitrogens with zero attached hydrogens (tertiary/aromatic N) is 3. The highest BCUT2D eigenvalue weighted by molar-refractivity contribution is 6.07. The number of nitrogens with one attached hydrogen (secondary N) is 1. The molecule has 0 radical (unpaired) electrons. The van der Waals surface area contributed by atoms with Crippen molar-refractivity contribution in [2.24, 2.45) is 0 Å². The Morgan fingerprint density at radius 3 is 2.37 bits per heavy atom. The van der Waals surface area contributed by atoms with E-state index >= 15 is 0 Å². The maximum atomic E-state index is 13.1. The molecule has 0 atom stereocenters. The molecule has 0 saturated heterocycles. The normalized spacial score (nSPS) is 10.7. The highest BCUT2D eigenvalue weighted by Crippen LogP contribution is 2.24. The van der Waals surface area contributed by atoms with Crippen molar-refractivity contribution in [2.45, 2.75) is 19.9 Å². The molecule has 0 aliphatic rings. The number of aromatic nitrogens is 2. The lowest BCUT2D eigenvalue weighted by Gasteiger charge is -2.25. The zero-order valence-corrected chi connectivity index (χ0v) is 15.5. The molecule has 138 valence electrons. The second-order valence-corrected chi connectivity index (χ2v) is 6.46. The van der Waals surface area contributed by atoms with Crippen LogP contribution in [0.1, 0.15) is 24.2 Å². The van der Waals surface area contributed by atoms with E-state index in [1.54, 1.807) is 0 Å². The third-order valence-electron chi connectivity index (χ3n) is 4.26. The van der Waals surface area contributed by atoms with E-state index in [4.69, 9.17) is 0 Å². The summed E-state index contributed by atoms with van der Waals surface area (Å²) in [5, 5.41) is 2.77. The number of hydrogen-bond acceptors (Lipinski definition) is 4. The van der Waals surface area contributed by atoms with Gasteiger partial charge in [0.15, 0.2) is 5.82 Å². The van der Waals surface area contributed by atoms with Crippen molar-refractivity contribution < 1.29 is 9.18 Å². The van der Waals surface area contributed by atoms with E-state index < -0.39 is 0 Å². The molecule has 2 aromatic carbocycles. The molecule has 0 spiro atoms. The van der Waals surface area contributed by atoms with Crippen molar-refractivity contribution in [1.82, 2.24) is 9.97 Å². The fourth-order valence-corrected chi connectivity index (χ4v) is 2.50. The van der Waals surface area contributed by atoms with Gasteiger partial charge in [-0.25, -0.2) is 14.4 Å². The molecule has 0 aliphatic carbocycles. The topological polar surface area (TPSA) is 58.1 Å². The zero-order valence-electron chi connectivity index (χ0n) is 15.5. The van der Waals surface area contributed by atoms with Gasteiger partial charge in [0.05, 0.1) is 0 Å². The minimum absolute atomic E-state index is 0.140. The van der Waals surface area contributed by atoms with Gasteiger partial charge < -0.3 is 10.2 Å². The summed E-state index contributed by atoms with van der Waals surface area (Å²) in [4.78, 5) is 23.7. The van der Waals surface area contributed by atoms with Gasteiger partial charge in [-0.05, 0) is 38.1 Å². The second kappa shape index (κ2) is 7.95. The number of benzene rings is 2. The van der Waals surface area contributed by atoms with Crippen molar-refractivity contribution in [1.29, 1.82) is 0 Å². The van der Waals surface area contributed by atoms with Crippen LogP contribution in [0, 0.1) is 5.82 Å². The first-order chi connectivity index (χ1) is 13.0. The second-order valence-electron chi connectivity index (χ2n) is 6.46. The summed E-state index contributed by atoms with van der Waals surface area (Å²) in [7, 11) is 1.89. The standard InChI is InChI=1S/C21H21FN4O/c1-14(2)26(3)20-18(21(27)24-17-11-9-16(22)10-12-17)13-23-19(25-20)15-7-5-4-6-8-15/h4-14H,1-3H3,(H,24,27). The molecule has 0 saturated carbocycles. The molecule has 0 aliphatic heterocycles. The van der Waals surface area contributed by atoms with Gasteiger partial charge >= 0.3 is 0 Å². The molecule has 1 amide bonds. The predicted molar refractivity (Wildman–Crippen MR) is 105 cm³/mol. The summed E-state index contributed by atoms with van der Waals surface area (Å²) in [6.45, 7) is 4.04. The summed E-state index contributed by atoms with van der Waals surface area (Å²) in [5.74, 6) is 0.391. The number of hydrogen-bond donors (Lipinski definition) is 1. The van der Waals surface area contributed by atoms with Crippen molar-refractivity contribution in [3.8, 4) is 11.4 Å². The summed E-state index contributed by atoms with van der Waals surface area (Å²) < 4.78 is 13.1. The fourth-order valence-electron chi connectivity index (χ4n) is 2.50. The lowest BCUT2D eigenvalue weighted by molar-refractivity contribution is 0.102. The molecule has 0 bridgehead atoms. The van der Waals surface area contributed by atoms with Gasteiger partial charge in [-0.15, -0.1) is 0 Å². The zero-order chi connectivity index (χ0) is 19.4. The Bertz CT molecular complexity index is 927. The third kappa shape index (κ3) is 4.28. The molecule has 0 unspecified atom stereocenters. The number of rotatable bonds is 5. The lowest BCUT2D eigenvalue weighted by atomic mass is 10.2. The van der Waals surface area contributed by atoms with Gasteiger partial charge in [-0.1, -0.05) is 30.3 Å². The van der Waals surface area contributed by atoms with Gasteiger partial charge in [0, 0.05) is 30.5 Å². The van der Waals surface area contributed by atoms with Gasteiger partial charge in [0.1, 0.15) is 17.2 Å². The maximum Gasteiger partial charge on any atom is 0.261 e. The number of carbonyl (C=O) groups is 1. The molecule has 5 nitrogen and oxygen atoms in total. The Morgan fingerprint density at radius 1 is 1.07 bits per heavy atom. The Kier molecular flexibility index (Phi) is 5.45. The van der Waals surface area contributed by atoms with Crippen LogP contribution >= 0.6 is 0 Å². The average Bonchev–Trinajstić information content (AvgIpc) is 2.69. The lowest BCUT2D eigenvalue weighted by Crippen LogP contribution is -2.30. The van der Waals surface area contributed by atoms with E-state index in [2.05, 4.69) is 15.3 Å². The van der Waals surface area contributed by atoms with Gasteiger partial charge in [0.2, 0.25) is 0 Å². The summed E-state index contributed by atoms with van der Waals surface area (Å²) >= 11 is 0. The number of anilines is 2. The first kappa shape index (κ1) is 18.5. The third-order valence-corrected chi connectivity index (χ3v) is 4.26. The van der Waals surface area contributed by atoms with Crippen molar-refractivity contribution in [2.75, 3.05) is 17.3 Å². The number of halogens is 1. The minimum Gasteiger partial charge on any atom is -0.356 e. The molecule has 0 fully saturated rings. The Labute approximate surface area is 157 Å². The summed E-state index contributed by atoms with van der Waals surface area (Å²) in [5.41, 5.74) is 1.74. The fraction of sp³-hybridized carbons (Fsp3) is 0.190. The van der Waals surface area contributed by atoms with Crippen LogP contribution in [-0.2, 0) is 0 Å². The van der Waals surface area contributed by atoms with Crippen molar-refractivity contribution in [3.63, 3.8) is 0 Å². The van der Waals surface area contributed by atoms with E-state index in [1.807, 2.05) is 56.1 Å². The molecule has 3 aromatic rings. The summed E-state index contributed by atoms with van der Waals surface area (Å²) in [6, 6.07) is 15.4. The van der Waals surface area contributed by atoms with Crippen LogP contribution in [-0.4, -0.2) is 29.0 Å². The number of carbonyl (C=O) groups excluding carboxylic acids is 1. The highest BCUT2D eigenvalue weighted by atomic mass is 19.1. The Balaban J connectivity index is 1.98. The molecule has 1 N–H and O–H groups in total. The molecule has 27 heavy (non-hydrogen) atoms. The van der Waals surface area contributed by atoms with Gasteiger partial charge in [-0.2, -0.15) is 0 Å². The molecule has 3 rings (SSSR count). The van der Waals surface area contributed by atoms with Gasteiger partial charge in [0.25, 0.3) is 5.91 Å². The Morgan fingerprint density at radius 2 is 1.74 bits per heavy atom.